The Morgan fingerprint density at radius 1 is 1.38 bits per heavy atom. The average Bonchev–Trinajstić information content (AvgIpc) is 3.12. The molecule has 1 aromatic rings. The summed E-state index contributed by atoms with van der Waals surface area (Å²) in [6, 6.07) is 2.47. The number of hydrogen-bond acceptors (Lipinski definition) is 5. The van der Waals surface area contributed by atoms with Crippen molar-refractivity contribution in [2.24, 2.45) is 5.92 Å². The van der Waals surface area contributed by atoms with Gasteiger partial charge in [0.15, 0.2) is 5.16 Å². The van der Waals surface area contributed by atoms with Crippen LogP contribution in [0.2, 0.25) is 0 Å². The molecule has 0 aliphatic heterocycles. The zero-order chi connectivity index (χ0) is 11.5. The van der Waals surface area contributed by atoms with Crippen molar-refractivity contribution in [2.75, 3.05) is 23.9 Å². The van der Waals surface area contributed by atoms with Crippen LogP contribution in [-0.2, 0) is 0 Å². The van der Waals surface area contributed by atoms with E-state index in [2.05, 4.69) is 27.5 Å². The third kappa shape index (κ3) is 2.78. The van der Waals surface area contributed by atoms with Crippen molar-refractivity contribution in [2.45, 2.75) is 31.0 Å². The smallest absolute Gasteiger partial charge is 0.191 e. The van der Waals surface area contributed by atoms with Crippen LogP contribution < -0.4 is 10.6 Å². The highest BCUT2D eigenvalue weighted by Gasteiger charge is 2.28. The Morgan fingerprint density at radius 2 is 2.06 bits per heavy atom. The summed E-state index contributed by atoms with van der Waals surface area (Å²) in [4.78, 5) is 8.79. The van der Waals surface area contributed by atoms with Crippen LogP contribution in [0.15, 0.2) is 11.2 Å². The molecule has 0 amide bonds. The molecule has 88 valence electrons. The lowest BCUT2D eigenvalue weighted by Gasteiger charge is -2.14. The monoisotopic (exact) mass is 238 g/mol. The van der Waals surface area contributed by atoms with Crippen LogP contribution in [0.1, 0.15) is 19.8 Å². The molecular weight excluding hydrogens is 220 g/mol. The van der Waals surface area contributed by atoms with Crippen molar-refractivity contribution in [1.82, 2.24) is 9.97 Å². The summed E-state index contributed by atoms with van der Waals surface area (Å²) in [6.45, 7) is 2.22. The minimum atomic E-state index is 0.509. The number of hydrogen-bond donors (Lipinski definition) is 2. The van der Waals surface area contributed by atoms with Crippen molar-refractivity contribution in [3.8, 4) is 0 Å². The zero-order valence-corrected chi connectivity index (χ0v) is 10.8. The van der Waals surface area contributed by atoms with Gasteiger partial charge in [0.1, 0.15) is 11.6 Å². The number of rotatable bonds is 5. The quantitative estimate of drug-likeness (QED) is 0.609. The maximum atomic E-state index is 4.45. The van der Waals surface area contributed by atoms with Crippen molar-refractivity contribution in [1.29, 1.82) is 0 Å². The maximum absolute atomic E-state index is 4.45. The Kier molecular flexibility index (Phi) is 3.53. The Bertz CT molecular complexity index is 343. The number of anilines is 2. The van der Waals surface area contributed by atoms with E-state index in [0.717, 1.165) is 22.7 Å². The predicted molar refractivity (Wildman–Crippen MR) is 69.2 cm³/mol. The first-order valence-electron chi connectivity index (χ1n) is 5.60. The molecule has 1 aromatic heterocycles. The Morgan fingerprint density at radius 3 is 2.62 bits per heavy atom. The second-order valence-corrected chi connectivity index (χ2v) is 4.92. The van der Waals surface area contributed by atoms with E-state index < -0.39 is 0 Å². The first-order chi connectivity index (χ1) is 7.72. The van der Waals surface area contributed by atoms with E-state index in [1.807, 2.05) is 19.4 Å². The van der Waals surface area contributed by atoms with Gasteiger partial charge in [-0.1, -0.05) is 11.8 Å². The fourth-order valence-corrected chi connectivity index (χ4v) is 2.05. The second kappa shape index (κ2) is 4.91. The molecule has 0 radical (unpaired) electrons. The highest BCUT2D eigenvalue weighted by molar-refractivity contribution is 7.98. The minimum absolute atomic E-state index is 0.509. The summed E-state index contributed by atoms with van der Waals surface area (Å²) in [5, 5.41) is 7.31. The van der Waals surface area contributed by atoms with Gasteiger partial charge >= 0.3 is 0 Å². The number of thioether (sulfide) groups is 1. The lowest BCUT2D eigenvalue weighted by molar-refractivity contribution is 0.688. The van der Waals surface area contributed by atoms with E-state index >= 15 is 0 Å². The number of nitrogens with zero attached hydrogens (tertiary/aromatic N) is 2. The molecule has 0 bridgehead atoms. The highest BCUT2D eigenvalue weighted by Crippen LogP contribution is 2.34. The maximum Gasteiger partial charge on any atom is 0.191 e. The lowest BCUT2D eigenvalue weighted by atomic mass is 10.2. The molecule has 5 heteroatoms. The SMILES string of the molecule is CNc1cc(NC(C)C2CC2)nc(SC)n1. The van der Waals surface area contributed by atoms with Crippen LogP contribution in [0.3, 0.4) is 0 Å². The molecule has 2 N–H and O–H groups in total. The third-order valence-corrected chi connectivity index (χ3v) is 3.40. The van der Waals surface area contributed by atoms with Gasteiger partial charge in [0.05, 0.1) is 0 Å². The third-order valence-electron chi connectivity index (χ3n) is 2.85. The molecule has 1 heterocycles. The van der Waals surface area contributed by atoms with Crippen LogP contribution in [0.5, 0.6) is 0 Å². The van der Waals surface area contributed by atoms with Crippen molar-refractivity contribution >= 4 is 23.4 Å². The molecule has 0 aromatic carbocycles. The van der Waals surface area contributed by atoms with Gasteiger partial charge in [0.2, 0.25) is 0 Å². The van der Waals surface area contributed by atoms with Crippen LogP contribution in [0.25, 0.3) is 0 Å². The van der Waals surface area contributed by atoms with Gasteiger partial charge in [-0.05, 0) is 31.9 Å². The summed E-state index contributed by atoms with van der Waals surface area (Å²) < 4.78 is 0. The molecule has 1 aliphatic carbocycles. The minimum Gasteiger partial charge on any atom is -0.373 e. The van der Waals surface area contributed by atoms with Gasteiger partial charge in [0, 0.05) is 19.2 Å². The van der Waals surface area contributed by atoms with Gasteiger partial charge in [-0.15, -0.1) is 0 Å². The fourth-order valence-electron chi connectivity index (χ4n) is 1.67. The van der Waals surface area contributed by atoms with E-state index in [9.17, 15) is 0 Å². The van der Waals surface area contributed by atoms with Gasteiger partial charge in [-0.3, -0.25) is 0 Å². The summed E-state index contributed by atoms with van der Waals surface area (Å²) >= 11 is 1.56. The molecule has 1 atom stereocenters. The molecule has 2 rings (SSSR count). The highest BCUT2D eigenvalue weighted by atomic mass is 32.2. The average molecular weight is 238 g/mol. The summed E-state index contributed by atoms with van der Waals surface area (Å²) in [5.74, 6) is 2.61. The van der Waals surface area contributed by atoms with E-state index in [-0.39, 0.29) is 0 Å². The Hall–Kier alpha value is -0.970. The predicted octanol–water partition coefficient (Wildman–Crippen LogP) is 2.45. The second-order valence-electron chi connectivity index (χ2n) is 4.15. The first-order valence-corrected chi connectivity index (χ1v) is 6.82. The summed E-state index contributed by atoms with van der Waals surface area (Å²) in [6.07, 6.45) is 4.67. The molecule has 1 fully saturated rings. The Labute approximate surface area is 101 Å². The van der Waals surface area contributed by atoms with E-state index in [1.54, 1.807) is 11.8 Å². The number of aromatic nitrogens is 2. The van der Waals surface area contributed by atoms with Crippen molar-refractivity contribution in [3.05, 3.63) is 6.07 Å². The zero-order valence-electron chi connectivity index (χ0n) is 9.95. The largest absolute Gasteiger partial charge is 0.373 e. The number of nitrogens with one attached hydrogen (secondary N) is 2. The summed E-state index contributed by atoms with van der Waals surface area (Å²) in [7, 11) is 1.88. The van der Waals surface area contributed by atoms with Crippen molar-refractivity contribution < 1.29 is 0 Å². The van der Waals surface area contributed by atoms with Crippen LogP contribution >= 0.6 is 11.8 Å². The standard InChI is InChI=1S/C11H18N4S/c1-7(8-4-5-8)13-10-6-9(12-2)14-11(15-10)16-3/h6-8H,4-5H2,1-3H3,(H2,12,13,14,15). The topological polar surface area (TPSA) is 49.8 Å². The molecule has 16 heavy (non-hydrogen) atoms. The molecule has 1 unspecified atom stereocenters. The van der Waals surface area contributed by atoms with Crippen molar-refractivity contribution in [3.63, 3.8) is 0 Å². The molecule has 4 nitrogen and oxygen atoms in total. The van der Waals surface area contributed by atoms with E-state index in [1.165, 1.54) is 12.8 Å². The van der Waals surface area contributed by atoms with Crippen LogP contribution in [0, 0.1) is 5.92 Å². The van der Waals surface area contributed by atoms with Gasteiger partial charge < -0.3 is 10.6 Å². The van der Waals surface area contributed by atoms with E-state index in [4.69, 9.17) is 0 Å². The molecule has 1 saturated carbocycles. The molecule has 0 spiro atoms. The Balaban J connectivity index is 2.11. The molecule has 0 saturated heterocycles. The van der Waals surface area contributed by atoms with E-state index in [0.29, 0.717) is 6.04 Å². The lowest BCUT2D eigenvalue weighted by Crippen LogP contribution is -2.18. The molecular formula is C11H18N4S. The van der Waals surface area contributed by atoms with Gasteiger partial charge in [0.25, 0.3) is 0 Å². The van der Waals surface area contributed by atoms with Gasteiger partial charge in [-0.2, -0.15) is 0 Å². The normalized spacial score (nSPS) is 16.9. The van der Waals surface area contributed by atoms with Crippen LogP contribution in [-0.4, -0.2) is 29.3 Å². The van der Waals surface area contributed by atoms with Crippen LogP contribution in [0.4, 0.5) is 11.6 Å². The van der Waals surface area contributed by atoms with Gasteiger partial charge in [-0.25, -0.2) is 9.97 Å². The summed E-state index contributed by atoms with van der Waals surface area (Å²) in [5.41, 5.74) is 0. The first kappa shape index (κ1) is 11.5. The molecule has 1 aliphatic rings. The fraction of sp³-hybridized carbons (Fsp3) is 0.636.